The molecule has 0 atom stereocenters. The van der Waals surface area contributed by atoms with E-state index in [0.29, 0.717) is 46.0 Å². The van der Waals surface area contributed by atoms with Gasteiger partial charge in [-0.1, -0.05) is 27.7 Å². The second kappa shape index (κ2) is 14.3. The zero-order valence-electron chi connectivity index (χ0n) is 26.7. The molecule has 0 aromatic carbocycles. The molecule has 2 N–H and O–H groups in total. The van der Waals surface area contributed by atoms with E-state index in [1.54, 1.807) is 30.7 Å². The van der Waals surface area contributed by atoms with Crippen molar-refractivity contribution in [2.45, 2.75) is 39.5 Å². The Morgan fingerprint density at radius 2 is 1.15 bits per heavy atom. The molecule has 6 heterocycles. The molecule has 6 aromatic rings. The van der Waals surface area contributed by atoms with E-state index in [2.05, 4.69) is 94.6 Å². The molecular weight excluding hydrogens is 682 g/mol. The van der Waals surface area contributed by atoms with Gasteiger partial charge in [0.15, 0.2) is 11.6 Å². The van der Waals surface area contributed by atoms with Crippen LogP contribution in [0.4, 0.5) is 29.0 Å². The van der Waals surface area contributed by atoms with Crippen molar-refractivity contribution in [1.82, 2.24) is 40.3 Å². The van der Waals surface area contributed by atoms with Gasteiger partial charge in [0.1, 0.15) is 11.6 Å². The number of aromatic nitrogens is 8. The largest absolute Gasteiger partial charge is 0.323 e. The van der Waals surface area contributed by atoms with Gasteiger partial charge in [-0.3, -0.25) is 14.3 Å². The minimum atomic E-state index is -3.36. The maximum absolute atomic E-state index is 11.7. The second-order valence-corrected chi connectivity index (χ2v) is 14.3. The monoisotopic (exact) mass is 715 g/mol. The number of hydrogen-bond acceptors (Lipinski definition) is 12. The number of rotatable bonds is 8. The number of pyridine rings is 4. The quantitative estimate of drug-likeness (QED) is 0.171. The zero-order chi connectivity index (χ0) is 33.7. The van der Waals surface area contributed by atoms with Crippen molar-refractivity contribution in [3.8, 4) is 0 Å². The van der Waals surface area contributed by atoms with Crippen LogP contribution in [0.15, 0.2) is 77.8 Å². The van der Waals surface area contributed by atoms with Gasteiger partial charge in [-0.2, -0.15) is 10.2 Å². The van der Waals surface area contributed by atoms with Gasteiger partial charge in [-0.05, 0) is 87.4 Å². The third-order valence-corrected chi connectivity index (χ3v) is 8.72. The first-order valence-corrected chi connectivity index (χ1v) is 17.3. The van der Waals surface area contributed by atoms with Gasteiger partial charge >= 0.3 is 0 Å². The summed E-state index contributed by atoms with van der Waals surface area (Å²) in [4.78, 5) is 17.6. The van der Waals surface area contributed by atoms with Crippen LogP contribution in [-0.4, -0.2) is 62.1 Å². The van der Waals surface area contributed by atoms with E-state index in [-0.39, 0.29) is 0 Å². The van der Waals surface area contributed by atoms with Crippen LogP contribution in [0.1, 0.15) is 50.7 Å². The Kier molecular flexibility index (Phi) is 10.2. The van der Waals surface area contributed by atoms with Crippen LogP contribution in [0.25, 0.3) is 22.1 Å². The maximum atomic E-state index is 11.7. The standard InChI is InChI=1S/C17H20N6O2S.C15H14BrN5/c1-11(2)12-7-17(22-19-9-12)21-16-6-5-14-15(20-16)8-13(10-18-14)23(3)26(4,24)25;1-9(2)10-5-15(21-18-7-10)20-14-4-3-12-13(19-14)6-11(16)8-17-12/h5-11H,1-4H3,(H,20,21,22);3-9H,1-2H3,(H,19,20,21). The summed E-state index contributed by atoms with van der Waals surface area (Å²) < 4.78 is 25.5. The minimum Gasteiger partial charge on any atom is -0.323 e. The van der Waals surface area contributed by atoms with Crippen molar-refractivity contribution in [3.05, 3.63) is 88.9 Å². The molecule has 242 valence electrons. The van der Waals surface area contributed by atoms with Crippen molar-refractivity contribution in [2.24, 2.45) is 0 Å². The topological polar surface area (TPSA) is 165 Å². The van der Waals surface area contributed by atoms with E-state index in [0.717, 1.165) is 38.7 Å². The van der Waals surface area contributed by atoms with E-state index in [1.807, 2.05) is 36.4 Å². The first kappa shape index (κ1) is 33.5. The first-order valence-electron chi connectivity index (χ1n) is 14.7. The Morgan fingerprint density at radius 3 is 1.64 bits per heavy atom. The Bertz CT molecular complexity index is 2150. The summed E-state index contributed by atoms with van der Waals surface area (Å²) in [5.41, 5.74) is 5.58. The molecule has 0 aliphatic heterocycles. The molecule has 0 bridgehead atoms. The van der Waals surface area contributed by atoms with Gasteiger partial charge in [0.05, 0.1) is 52.6 Å². The molecule has 6 rings (SSSR count). The van der Waals surface area contributed by atoms with Gasteiger partial charge in [0.2, 0.25) is 10.0 Å². The van der Waals surface area contributed by atoms with Gasteiger partial charge in [0.25, 0.3) is 0 Å². The van der Waals surface area contributed by atoms with Crippen molar-refractivity contribution in [1.29, 1.82) is 0 Å². The third kappa shape index (κ3) is 8.68. The number of fused-ring (bicyclic) bond motifs is 2. The van der Waals surface area contributed by atoms with Crippen molar-refractivity contribution in [2.75, 3.05) is 28.2 Å². The van der Waals surface area contributed by atoms with Crippen LogP contribution in [-0.2, 0) is 10.0 Å². The highest BCUT2D eigenvalue weighted by Crippen LogP contribution is 2.24. The van der Waals surface area contributed by atoms with Gasteiger partial charge in [-0.25, -0.2) is 18.4 Å². The molecular formula is C32H34BrN11O2S. The highest BCUT2D eigenvalue weighted by atomic mass is 79.9. The average Bonchev–Trinajstić information content (AvgIpc) is 3.04. The molecule has 0 spiro atoms. The van der Waals surface area contributed by atoms with Gasteiger partial charge in [0, 0.05) is 17.7 Å². The highest BCUT2D eigenvalue weighted by Gasteiger charge is 2.14. The number of anilines is 5. The van der Waals surface area contributed by atoms with Crippen LogP contribution >= 0.6 is 15.9 Å². The van der Waals surface area contributed by atoms with Crippen molar-refractivity contribution in [3.63, 3.8) is 0 Å². The molecule has 0 aliphatic carbocycles. The van der Waals surface area contributed by atoms with E-state index in [1.165, 1.54) is 17.5 Å². The zero-order valence-corrected chi connectivity index (χ0v) is 29.1. The molecule has 0 saturated heterocycles. The lowest BCUT2D eigenvalue weighted by Gasteiger charge is -2.16. The fourth-order valence-electron chi connectivity index (χ4n) is 4.26. The molecule has 0 aliphatic rings. The predicted molar refractivity (Wildman–Crippen MR) is 189 cm³/mol. The Balaban J connectivity index is 0.000000189. The van der Waals surface area contributed by atoms with Gasteiger partial charge in [-0.15, -0.1) is 10.2 Å². The normalized spacial score (nSPS) is 11.4. The Morgan fingerprint density at radius 1 is 0.660 bits per heavy atom. The number of hydrogen-bond donors (Lipinski definition) is 2. The molecule has 13 nitrogen and oxygen atoms in total. The fourth-order valence-corrected chi connectivity index (χ4v) is 5.06. The molecule has 47 heavy (non-hydrogen) atoms. The van der Waals surface area contributed by atoms with Crippen LogP contribution < -0.4 is 14.9 Å². The fraction of sp³-hybridized carbons (Fsp3) is 0.250. The van der Waals surface area contributed by atoms with Crippen LogP contribution in [0.3, 0.4) is 0 Å². The predicted octanol–water partition coefficient (Wildman–Crippen LogP) is 6.73. The SMILES string of the molecule is CC(C)c1cnnc(Nc2ccc3ncc(Br)cc3n2)c1.CC(C)c1cnnc(Nc2ccc3ncc(N(C)S(C)(=O)=O)cc3n2)c1. The lowest BCUT2D eigenvalue weighted by atomic mass is 10.1. The van der Waals surface area contributed by atoms with Crippen LogP contribution in [0, 0.1) is 0 Å². The number of nitrogens with zero attached hydrogens (tertiary/aromatic N) is 9. The molecule has 0 fully saturated rings. The van der Waals surface area contributed by atoms with E-state index in [9.17, 15) is 8.42 Å². The Labute approximate surface area is 281 Å². The summed E-state index contributed by atoms with van der Waals surface area (Å²) in [6.07, 6.45) is 7.93. The summed E-state index contributed by atoms with van der Waals surface area (Å²) in [5.74, 6) is 3.34. The van der Waals surface area contributed by atoms with Crippen LogP contribution in [0.2, 0.25) is 0 Å². The smallest absolute Gasteiger partial charge is 0.232 e. The first-order chi connectivity index (χ1) is 22.4. The number of nitrogens with one attached hydrogen (secondary N) is 2. The lowest BCUT2D eigenvalue weighted by Crippen LogP contribution is -2.24. The van der Waals surface area contributed by atoms with E-state index >= 15 is 0 Å². The van der Waals surface area contributed by atoms with E-state index < -0.39 is 10.0 Å². The summed E-state index contributed by atoms with van der Waals surface area (Å²) in [7, 11) is -1.89. The summed E-state index contributed by atoms with van der Waals surface area (Å²) in [5, 5.41) is 22.5. The van der Waals surface area contributed by atoms with Crippen molar-refractivity contribution < 1.29 is 8.42 Å². The summed E-state index contributed by atoms with van der Waals surface area (Å²) in [6, 6.07) is 14.9. The third-order valence-electron chi connectivity index (χ3n) is 7.08. The van der Waals surface area contributed by atoms with Crippen LogP contribution in [0.5, 0.6) is 0 Å². The second-order valence-electron chi connectivity index (χ2n) is 11.4. The van der Waals surface area contributed by atoms with E-state index in [4.69, 9.17) is 0 Å². The molecule has 0 saturated carbocycles. The highest BCUT2D eigenvalue weighted by molar-refractivity contribution is 9.10. The van der Waals surface area contributed by atoms with Gasteiger partial charge < -0.3 is 10.6 Å². The van der Waals surface area contributed by atoms with Crippen molar-refractivity contribution >= 4 is 77.0 Å². The molecule has 0 amide bonds. The molecule has 0 radical (unpaired) electrons. The molecule has 15 heteroatoms. The molecule has 6 aromatic heterocycles. The maximum Gasteiger partial charge on any atom is 0.232 e. The molecule has 0 unspecified atom stereocenters. The Hall–Kier alpha value is -4.89. The lowest BCUT2D eigenvalue weighted by molar-refractivity contribution is 0.600. The summed E-state index contributed by atoms with van der Waals surface area (Å²) >= 11 is 3.40. The summed E-state index contributed by atoms with van der Waals surface area (Å²) in [6.45, 7) is 8.41. The number of sulfonamides is 1. The average molecular weight is 717 g/mol. The minimum absolute atomic E-state index is 0.342. The number of halogens is 1.